The van der Waals surface area contributed by atoms with Gasteiger partial charge in [0.1, 0.15) is 6.54 Å². The zero-order valence-electron chi connectivity index (χ0n) is 11.5. The van der Waals surface area contributed by atoms with Crippen molar-refractivity contribution in [3.05, 3.63) is 0 Å². The van der Waals surface area contributed by atoms with E-state index in [4.69, 9.17) is 4.74 Å². The molecule has 0 aliphatic carbocycles. The molecule has 1 unspecified atom stereocenters. The lowest BCUT2D eigenvalue weighted by molar-refractivity contribution is -0.149. The molecule has 0 aromatic carbocycles. The zero-order chi connectivity index (χ0) is 13.4. The number of carbonyl (C=O) groups is 2. The van der Waals surface area contributed by atoms with Crippen LogP contribution in [0.3, 0.4) is 0 Å². The summed E-state index contributed by atoms with van der Waals surface area (Å²) in [6, 6.07) is 0. The normalized spacial score (nSPS) is 12.4. The van der Waals surface area contributed by atoms with Gasteiger partial charge >= 0.3 is 5.97 Å². The monoisotopic (exact) mass is 244 g/mol. The van der Waals surface area contributed by atoms with E-state index in [2.05, 4.69) is 0 Å². The first-order valence-electron chi connectivity index (χ1n) is 5.93. The minimum Gasteiger partial charge on any atom is -0.465 e. The Bertz CT molecular complexity index is 254. The fraction of sp³-hybridized carbons (Fsp3) is 0.833. The van der Waals surface area contributed by atoms with Crippen LogP contribution in [0.4, 0.5) is 0 Å². The van der Waals surface area contributed by atoms with Crippen LogP contribution in [0.15, 0.2) is 0 Å². The average Bonchev–Trinajstić information content (AvgIpc) is 2.24. The molecular weight excluding hydrogens is 220 g/mol. The first-order valence-corrected chi connectivity index (χ1v) is 5.93. The van der Waals surface area contributed by atoms with Crippen molar-refractivity contribution >= 4 is 11.9 Å². The van der Waals surface area contributed by atoms with Gasteiger partial charge in [-0.1, -0.05) is 6.92 Å². The van der Waals surface area contributed by atoms with Gasteiger partial charge in [0.15, 0.2) is 0 Å². The molecule has 100 valence electrons. The summed E-state index contributed by atoms with van der Waals surface area (Å²) < 4.78 is 4.80. The van der Waals surface area contributed by atoms with Crippen molar-refractivity contribution in [3.8, 4) is 0 Å². The fourth-order valence-electron chi connectivity index (χ4n) is 1.43. The maximum Gasteiger partial charge on any atom is 0.325 e. The molecule has 1 atom stereocenters. The second-order valence-corrected chi connectivity index (χ2v) is 4.49. The molecule has 5 nitrogen and oxygen atoms in total. The van der Waals surface area contributed by atoms with Crippen LogP contribution in [0.5, 0.6) is 0 Å². The summed E-state index contributed by atoms with van der Waals surface area (Å²) in [7, 11) is 5.57. The molecule has 0 aliphatic heterocycles. The van der Waals surface area contributed by atoms with Gasteiger partial charge in [-0.25, -0.2) is 0 Å². The number of likely N-dealkylation sites (N-methyl/N-ethyl adjacent to an activating group) is 1. The van der Waals surface area contributed by atoms with E-state index in [9.17, 15) is 9.59 Å². The lowest BCUT2D eigenvalue weighted by atomic mass is 10.1. The Hall–Kier alpha value is -1.10. The largest absolute Gasteiger partial charge is 0.465 e. The fourth-order valence-corrected chi connectivity index (χ4v) is 1.43. The SMILES string of the molecule is CCOC(=O)CN(C)C(=O)C(C)CCN(C)C. The molecule has 17 heavy (non-hydrogen) atoms. The van der Waals surface area contributed by atoms with Crippen LogP contribution < -0.4 is 0 Å². The van der Waals surface area contributed by atoms with E-state index in [0.717, 1.165) is 13.0 Å². The van der Waals surface area contributed by atoms with Crippen LogP contribution in [-0.2, 0) is 14.3 Å². The highest BCUT2D eigenvalue weighted by molar-refractivity contribution is 5.83. The van der Waals surface area contributed by atoms with Gasteiger partial charge < -0.3 is 14.5 Å². The molecule has 0 spiro atoms. The molecule has 0 fully saturated rings. The lowest BCUT2D eigenvalue weighted by Gasteiger charge is -2.21. The van der Waals surface area contributed by atoms with E-state index in [1.165, 1.54) is 4.90 Å². The predicted molar refractivity (Wildman–Crippen MR) is 66.6 cm³/mol. The van der Waals surface area contributed by atoms with Gasteiger partial charge in [0.2, 0.25) is 5.91 Å². The Balaban J connectivity index is 4.06. The maximum atomic E-state index is 11.9. The minimum atomic E-state index is -0.358. The van der Waals surface area contributed by atoms with Gasteiger partial charge in [0.25, 0.3) is 0 Å². The number of rotatable bonds is 7. The van der Waals surface area contributed by atoms with Gasteiger partial charge in [-0.3, -0.25) is 9.59 Å². The van der Waals surface area contributed by atoms with Crippen molar-refractivity contribution < 1.29 is 14.3 Å². The highest BCUT2D eigenvalue weighted by Crippen LogP contribution is 2.06. The molecule has 0 rings (SSSR count). The summed E-state index contributed by atoms with van der Waals surface area (Å²) in [4.78, 5) is 26.6. The van der Waals surface area contributed by atoms with Crippen LogP contribution in [-0.4, -0.2) is 62.5 Å². The second-order valence-electron chi connectivity index (χ2n) is 4.49. The topological polar surface area (TPSA) is 49.9 Å². The predicted octanol–water partition coefficient (Wildman–Crippen LogP) is 0.596. The molecule has 0 radical (unpaired) electrons. The first-order chi connectivity index (χ1) is 7.88. The van der Waals surface area contributed by atoms with Crippen molar-refractivity contribution in [1.29, 1.82) is 0 Å². The minimum absolute atomic E-state index is 0.0140. The summed E-state index contributed by atoms with van der Waals surface area (Å²) >= 11 is 0. The number of hydrogen-bond acceptors (Lipinski definition) is 4. The van der Waals surface area contributed by atoms with Crippen LogP contribution >= 0.6 is 0 Å². The summed E-state index contributed by atoms with van der Waals surface area (Å²) in [5.74, 6) is -0.445. The molecule has 0 saturated heterocycles. The van der Waals surface area contributed by atoms with Crippen LogP contribution in [0.25, 0.3) is 0 Å². The van der Waals surface area contributed by atoms with E-state index in [0.29, 0.717) is 6.61 Å². The molecule has 0 saturated carbocycles. The number of carbonyl (C=O) groups excluding carboxylic acids is 2. The Morgan fingerprint density at radius 1 is 1.24 bits per heavy atom. The third-order valence-electron chi connectivity index (χ3n) is 2.48. The highest BCUT2D eigenvalue weighted by atomic mass is 16.5. The molecule has 0 aromatic heterocycles. The summed E-state index contributed by atoms with van der Waals surface area (Å²) in [5.41, 5.74) is 0. The van der Waals surface area contributed by atoms with Crippen molar-refractivity contribution in [2.45, 2.75) is 20.3 Å². The van der Waals surface area contributed by atoms with E-state index in [1.54, 1.807) is 14.0 Å². The smallest absolute Gasteiger partial charge is 0.325 e. The van der Waals surface area contributed by atoms with Crippen molar-refractivity contribution in [2.75, 3.05) is 40.8 Å². The van der Waals surface area contributed by atoms with Crippen molar-refractivity contribution in [3.63, 3.8) is 0 Å². The standard InChI is InChI=1S/C12H24N2O3/c1-6-17-11(15)9-14(5)12(16)10(2)7-8-13(3)4/h10H,6-9H2,1-5H3. The zero-order valence-corrected chi connectivity index (χ0v) is 11.5. The Labute approximate surface area is 104 Å². The van der Waals surface area contributed by atoms with Gasteiger partial charge in [0, 0.05) is 13.0 Å². The molecule has 1 amide bonds. The molecule has 0 aliphatic rings. The third-order valence-corrected chi connectivity index (χ3v) is 2.48. The van der Waals surface area contributed by atoms with E-state index in [1.807, 2.05) is 25.9 Å². The Kier molecular flexibility index (Phi) is 7.54. The molecule has 0 heterocycles. The van der Waals surface area contributed by atoms with Crippen LogP contribution in [0.1, 0.15) is 20.3 Å². The van der Waals surface area contributed by atoms with Crippen LogP contribution in [0, 0.1) is 5.92 Å². The number of amides is 1. The molecule has 0 bridgehead atoms. The van der Waals surface area contributed by atoms with Crippen LogP contribution in [0.2, 0.25) is 0 Å². The Morgan fingerprint density at radius 3 is 2.29 bits per heavy atom. The number of ether oxygens (including phenoxy) is 1. The third kappa shape index (κ3) is 6.94. The lowest BCUT2D eigenvalue weighted by Crippen LogP contribution is -2.37. The number of esters is 1. The van der Waals surface area contributed by atoms with Crippen molar-refractivity contribution in [1.82, 2.24) is 9.80 Å². The van der Waals surface area contributed by atoms with Gasteiger partial charge in [0.05, 0.1) is 6.61 Å². The number of nitrogens with zero attached hydrogens (tertiary/aromatic N) is 2. The average molecular weight is 244 g/mol. The van der Waals surface area contributed by atoms with E-state index >= 15 is 0 Å². The molecule has 0 N–H and O–H groups in total. The first kappa shape index (κ1) is 15.9. The quantitative estimate of drug-likeness (QED) is 0.615. The molecular formula is C12H24N2O3. The van der Waals surface area contributed by atoms with Crippen molar-refractivity contribution in [2.24, 2.45) is 5.92 Å². The second kappa shape index (κ2) is 8.06. The van der Waals surface area contributed by atoms with Gasteiger partial charge in [-0.15, -0.1) is 0 Å². The number of hydrogen-bond donors (Lipinski definition) is 0. The van der Waals surface area contributed by atoms with Gasteiger partial charge in [-0.05, 0) is 34.0 Å². The molecule has 5 heteroatoms. The van der Waals surface area contributed by atoms with E-state index in [-0.39, 0.29) is 24.3 Å². The summed E-state index contributed by atoms with van der Waals surface area (Å²) in [5, 5.41) is 0. The highest BCUT2D eigenvalue weighted by Gasteiger charge is 2.19. The Morgan fingerprint density at radius 2 is 1.82 bits per heavy atom. The molecule has 0 aromatic rings. The van der Waals surface area contributed by atoms with Gasteiger partial charge in [-0.2, -0.15) is 0 Å². The summed E-state index contributed by atoms with van der Waals surface area (Å²) in [6.45, 7) is 4.86. The maximum absolute atomic E-state index is 11.9. The summed E-state index contributed by atoms with van der Waals surface area (Å²) in [6.07, 6.45) is 0.791. The van der Waals surface area contributed by atoms with E-state index < -0.39 is 0 Å².